The Hall–Kier alpha value is -2.68. The summed E-state index contributed by atoms with van der Waals surface area (Å²) in [6, 6.07) is 5.27. The van der Waals surface area contributed by atoms with Crippen LogP contribution in [0.15, 0.2) is 48.6 Å². The highest BCUT2D eigenvalue weighted by molar-refractivity contribution is 6.30. The molecule has 1 unspecified atom stereocenters. The van der Waals surface area contributed by atoms with Gasteiger partial charge in [0, 0.05) is 17.3 Å². The van der Waals surface area contributed by atoms with E-state index < -0.39 is 41.1 Å². The van der Waals surface area contributed by atoms with Crippen molar-refractivity contribution in [3.8, 4) is 0 Å². The molecule has 2 fully saturated rings. The van der Waals surface area contributed by atoms with Crippen LogP contribution in [-0.2, 0) is 23.9 Å². The third-order valence-electron chi connectivity index (χ3n) is 9.05. The first-order valence-corrected chi connectivity index (χ1v) is 14.3. The monoisotopic (exact) mass is 556 g/mol. The van der Waals surface area contributed by atoms with E-state index in [0.717, 1.165) is 0 Å². The Morgan fingerprint density at radius 1 is 1.08 bits per heavy atom. The Morgan fingerprint density at radius 3 is 2.49 bits per heavy atom. The van der Waals surface area contributed by atoms with E-state index >= 15 is 0 Å². The van der Waals surface area contributed by atoms with Crippen molar-refractivity contribution < 1.29 is 29.0 Å². The van der Waals surface area contributed by atoms with Gasteiger partial charge in [-0.2, -0.15) is 0 Å². The average molecular weight is 557 g/mol. The van der Waals surface area contributed by atoms with E-state index in [4.69, 9.17) is 21.1 Å². The summed E-state index contributed by atoms with van der Waals surface area (Å²) in [7, 11) is 0. The predicted molar refractivity (Wildman–Crippen MR) is 147 cm³/mol. The van der Waals surface area contributed by atoms with E-state index in [0.29, 0.717) is 36.4 Å². The van der Waals surface area contributed by atoms with Crippen LogP contribution in [0.5, 0.6) is 0 Å². The lowest BCUT2D eigenvalue weighted by Gasteiger charge is -2.42. The average Bonchev–Trinajstić information content (AvgIpc) is 3.31. The number of amides is 2. The summed E-state index contributed by atoms with van der Waals surface area (Å²) >= 11 is 6.12. The molecular weight excluding hydrogens is 520 g/mol. The molecule has 5 rings (SSSR count). The van der Waals surface area contributed by atoms with Crippen LogP contribution in [0.4, 0.5) is 5.69 Å². The fourth-order valence-corrected chi connectivity index (χ4v) is 6.96. The predicted octanol–water partition coefficient (Wildman–Crippen LogP) is 3.90. The van der Waals surface area contributed by atoms with Gasteiger partial charge in [-0.05, 0) is 49.4 Å². The van der Waals surface area contributed by atoms with E-state index in [1.807, 2.05) is 45.1 Å². The van der Waals surface area contributed by atoms with Crippen molar-refractivity contribution >= 4 is 35.1 Å². The Balaban J connectivity index is 1.71. The number of carbonyl (C=O) groups is 3. The summed E-state index contributed by atoms with van der Waals surface area (Å²) in [6.45, 7) is 6.07. The number of nitrogens with zero attached hydrogens (tertiary/aromatic N) is 2. The second-order valence-electron chi connectivity index (χ2n) is 11.0. The van der Waals surface area contributed by atoms with Crippen LogP contribution in [0.1, 0.15) is 46.5 Å². The van der Waals surface area contributed by atoms with Gasteiger partial charge in [0.15, 0.2) is 0 Å². The van der Waals surface area contributed by atoms with Crippen LogP contribution in [0.3, 0.4) is 0 Å². The summed E-state index contributed by atoms with van der Waals surface area (Å²) in [5.74, 6) is -3.16. The molecule has 0 radical (unpaired) electrons. The van der Waals surface area contributed by atoms with Gasteiger partial charge in [0.25, 0.3) is 5.91 Å². The Kier molecular flexibility index (Phi) is 7.65. The number of hydrogen-bond donors (Lipinski definition) is 1. The van der Waals surface area contributed by atoms with Gasteiger partial charge in [0.2, 0.25) is 5.91 Å². The number of hydrogen-bond acceptors (Lipinski definition) is 6. The largest absolute Gasteiger partial charge is 0.465 e. The highest BCUT2D eigenvalue weighted by Gasteiger charge is 2.76. The van der Waals surface area contributed by atoms with Crippen LogP contribution in [0.25, 0.3) is 0 Å². The van der Waals surface area contributed by atoms with E-state index in [9.17, 15) is 19.5 Å². The number of halogens is 1. The van der Waals surface area contributed by atoms with E-state index in [1.165, 1.54) is 4.90 Å². The van der Waals surface area contributed by atoms with Gasteiger partial charge in [0.05, 0.1) is 25.2 Å². The summed E-state index contributed by atoms with van der Waals surface area (Å²) in [5, 5.41) is 11.1. The fraction of sp³-hybridized carbons (Fsp3) is 0.567. The summed E-state index contributed by atoms with van der Waals surface area (Å²) in [5.41, 5.74) is -1.87. The van der Waals surface area contributed by atoms with Crippen LogP contribution in [-0.4, -0.2) is 70.8 Å². The molecule has 0 bridgehead atoms. The van der Waals surface area contributed by atoms with Gasteiger partial charge in [-0.25, -0.2) is 0 Å². The zero-order valence-corrected chi connectivity index (χ0v) is 23.5. The molecule has 7 atom stereocenters. The first-order chi connectivity index (χ1) is 18.7. The molecule has 39 heavy (non-hydrogen) atoms. The Morgan fingerprint density at radius 2 is 1.82 bits per heavy atom. The number of fused-ring (bicyclic) bond motifs is 2. The number of anilines is 1. The lowest BCUT2D eigenvalue weighted by atomic mass is 9.73. The van der Waals surface area contributed by atoms with Crippen molar-refractivity contribution in [3.63, 3.8) is 0 Å². The molecule has 2 saturated heterocycles. The van der Waals surface area contributed by atoms with Crippen molar-refractivity contribution in [1.82, 2.24) is 4.90 Å². The number of carbonyl (C=O) groups excluding carboxylic acids is 3. The van der Waals surface area contributed by atoms with Gasteiger partial charge < -0.3 is 24.4 Å². The first kappa shape index (κ1) is 27.9. The number of allylic oxidation sites excluding steroid dienone is 1. The normalized spacial score (nSPS) is 34.7. The molecule has 0 aromatic heterocycles. The topological polar surface area (TPSA) is 96.4 Å². The van der Waals surface area contributed by atoms with Crippen LogP contribution >= 0.6 is 11.6 Å². The Labute approximate surface area is 234 Å². The number of esters is 1. The molecule has 0 saturated carbocycles. The van der Waals surface area contributed by atoms with Crippen molar-refractivity contribution in [1.29, 1.82) is 0 Å². The van der Waals surface area contributed by atoms with Crippen molar-refractivity contribution in [2.75, 3.05) is 24.7 Å². The maximum Gasteiger partial charge on any atom is 0.313 e. The summed E-state index contributed by atoms with van der Waals surface area (Å²) in [4.78, 5) is 45.9. The summed E-state index contributed by atoms with van der Waals surface area (Å²) < 4.78 is 12.6. The van der Waals surface area contributed by atoms with E-state index in [2.05, 4.69) is 0 Å². The number of aliphatic hydroxyl groups is 1. The molecule has 1 spiro atoms. The lowest BCUT2D eigenvalue weighted by Crippen LogP contribution is -2.60. The summed E-state index contributed by atoms with van der Waals surface area (Å²) in [6.07, 6.45) is 10.1. The molecule has 4 heterocycles. The number of rotatable bonds is 6. The maximum absolute atomic E-state index is 14.6. The number of cyclic esters (lactones) is 1. The minimum absolute atomic E-state index is 0.0952. The van der Waals surface area contributed by atoms with Crippen molar-refractivity contribution in [2.24, 2.45) is 17.8 Å². The lowest BCUT2D eigenvalue weighted by molar-refractivity contribution is -0.161. The molecule has 9 heteroatoms. The van der Waals surface area contributed by atoms with Crippen LogP contribution < -0.4 is 4.90 Å². The molecule has 1 N–H and O–H groups in total. The van der Waals surface area contributed by atoms with Crippen LogP contribution in [0.2, 0.25) is 5.02 Å². The highest BCUT2D eigenvalue weighted by Crippen LogP contribution is 2.59. The number of aliphatic hydroxyl groups excluding tert-OH is 1. The standard InChI is InChI=1S/C30H37ClN2O6/c1-4-19(3)22(18-34)33-25-27(36)32(21-12-10-20(31)11-13-21)16-9-15-30(25)23(26(33)35)24-28(37)38-17-8-6-7-14-29(24,5-2)39-30/h7,9-15,19,22-25,34H,4-6,8,16-18H2,1-3H3/b14-7-/t19-,22-,23-,24-,25?,29+,30-/m0/s1. The minimum atomic E-state index is -1.40. The SMILES string of the molecule is CC[C@H](C)[C@H](CO)N1C(=O)[C@@H]2[C@H]3C(=O)OCCC/C=C\[C@@]3(CC)O[C@@]23C=CCN(c2ccc(Cl)cc2)C(=O)C13. The highest BCUT2D eigenvalue weighted by atomic mass is 35.5. The van der Waals surface area contributed by atoms with E-state index in [-0.39, 0.29) is 37.5 Å². The second-order valence-corrected chi connectivity index (χ2v) is 11.5. The van der Waals surface area contributed by atoms with E-state index in [1.54, 1.807) is 29.2 Å². The second kappa shape index (κ2) is 10.7. The van der Waals surface area contributed by atoms with Crippen molar-refractivity contribution in [2.45, 2.75) is 69.7 Å². The molecule has 8 nitrogen and oxygen atoms in total. The fourth-order valence-electron chi connectivity index (χ4n) is 6.84. The van der Waals surface area contributed by atoms with Crippen LogP contribution in [0, 0.1) is 17.8 Å². The van der Waals surface area contributed by atoms with Gasteiger partial charge in [0.1, 0.15) is 23.2 Å². The third-order valence-corrected chi connectivity index (χ3v) is 9.31. The molecule has 4 aliphatic heterocycles. The third kappa shape index (κ3) is 4.32. The van der Waals surface area contributed by atoms with Gasteiger partial charge >= 0.3 is 5.97 Å². The first-order valence-electron chi connectivity index (χ1n) is 14.0. The Bertz CT molecular complexity index is 1180. The molecule has 2 amide bonds. The van der Waals surface area contributed by atoms with Gasteiger partial charge in [-0.3, -0.25) is 14.4 Å². The smallest absolute Gasteiger partial charge is 0.313 e. The molecular formula is C30H37ClN2O6. The number of benzene rings is 1. The van der Waals surface area contributed by atoms with Gasteiger partial charge in [-0.15, -0.1) is 0 Å². The zero-order chi connectivity index (χ0) is 27.9. The minimum Gasteiger partial charge on any atom is -0.465 e. The number of ether oxygens (including phenoxy) is 2. The maximum atomic E-state index is 14.6. The van der Waals surface area contributed by atoms with Crippen molar-refractivity contribution in [3.05, 3.63) is 53.6 Å². The molecule has 1 aromatic rings. The molecule has 4 aliphatic rings. The number of likely N-dealkylation sites (tertiary alicyclic amines) is 1. The molecule has 0 aliphatic carbocycles. The quantitative estimate of drug-likeness (QED) is 0.422. The zero-order valence-electron chi connectivity index (χ0n) is 22.7. The van der Waals surface area contributed by atoms with Gasteiger partial charge in [-0.1, -0.05) is 63.1 Å². The molecule has 1 aromatic carbocycles. The molecule has 210 valence electrons.